The van der Waals surface area contributed by atoms with Crippen LogP contribution in [0.1, 0.15) is 12.1 Å². The van der Waals surface area contributed by atoms with Crippen LogP contribution in [0.5, 0.6) is 0 Å². The van der Waals surface area contributed by atoms with Gasteiger partial charge < -0.3 is 26.8 Å². The van der Waals surface area contributed by atoms with Crippen molar-refractivity contribution in [2.75, 3.05) is 0 Å². The summed E-state index contributed by atoms with van der Waals surface area (Å²) in [5, 5.41) is 1.79. The fourth-order valence-electron chi connectivity index (χ4n) is 0.513. The smallest absolute Gasteiger partial charge is 0.0713 e. The number of imide groups is 1. The Morgan fingerprint density at radius 1 is 1.73 bits per heavy atom. The monoisotopic (exact) mass is 375 g/mol. The number of aromatic nitrogens is 1. The summed E-state index contributed by atoms with van der Waals surface area (Å²) >= 11 is 0. The van der Waals surface area contributed by atoms with Crippen molar-refractivity contribution in [1.82, 2.24) is 10.3 Å². The first-order valence-corrected chi connectivity index (χ1v) is 3.94. The first-order valence-electron chi connectivity index (χ1n) is 3.94. The SMILES string of the molecule is Cc1cc[c-]cn1.[CH2-]CC(=O)N[C-]=O.[W]. The minimum absolute atomic E-state index is 0. The first-order chi connectivity index (χ1) is 6.70. The molecular formula is C10H11N2O2W-3. The van der Waals surface area contributed by atoms with Crippen LogP contribution >= 0.6 is 0 Å². The van der Waals surface area contributed by atoms with E-state index < -0.39 is 5.91 Å². The van der Waals surface area contributed by atoms with E-state index in [2.05, 4.69) is 18.0 Å². The third kappa shape index (κ3) is 10.9. The minimum atomic E-state index is -0.407. The predicted molar refractivity (Wildman–Crippen MR) is 51.6 cm³/mol. The summed E-state index contributed by atoms with van der Waals surface area (Å²) in [6.45, 7) is 5.17. The zero-order chi connectivity index (χ0) is 10.8. The summed E-state index contributed by atoms with van der Waals surface area (Å²) in [6, 6.07) is 6.59. The van der Waals surface area contributed by atoms with Crippen molar-refractivity contribution in [3.63, 3.8) is 0 Å². The molecule has 0 fully saturated rings. The van der Waals surface area contributed by atoms with Crippen LogP contribution in [-0.2, 0) is 30.7 Å². The second kappa shape index (κ2) is 11.1. The van der Waals surface area contributed by atoms with Gasteiger partial charge in [-0.2, -0.15) is 12.5 Å². The van der Waals surface area contributed by atoms with Gasteiger partial charge in [-0.25, -0.2) is 12.1 Å². The molecule has 5 heteroatoms. The zero-order valence-electron chi connectivity index (χ0n) is 8.32. The van der Waals surface area contributed by atoms with E-state index in [1.165, 1.54) is 6.41 Å². The molecule has 1 aromatic rings. The molecule has 0 bridgehead atoms. The van der Waals surface area contributed by atoms with Gasteiger partial charge in [0.25, 0.3) is 0 Å². The van der Waals surface area contributed by atoms with Crippen molar-refractivity contribution >= 4 is 12.3 Å². The molecule has 0 unspecified atom stereocenters. The van der Waals surface area contributed by atoms with Crippen LogP contribution < -0.4 is 5.32 Å². The van der Waals surface area contributed by atoms with Gasteiger partial charge in [-0.05, 0) is 12.6 Å². The second-order valence-electron chi connectivity index (χ2n) is 2.30. The predicted octanol–water partition coefficient (Wildman–Crippen LogP) is 0.582. The molecule has 1 heterocycles. The summed E-state index contributed by atoms with van der Waals surface area (Å²) in [5.74, 6) is -0.407. The number of carbonyl (C=O) groups is 1. The molecule has 82 valence electrons. The van der Waals surface area contributed by atoms with Gasteiger partial charge in [0.05, 0.1) is 6.41 Å². The molecule has 0 spiro atoms. The van der Waals surface area contributed by atoms with Crippen LogP contribution in [0.3, 0.4) is 0 Å². The Balaban J connectivity index is 0. The van der Waals surface area contributed by atoms with Crippen LogP contribution in [-0.4, -0.2) is 17.3 Å². The molecule has 0 aromatic carbocycles. The number of pyridine rings is 1. The Hall–Kier alpha value is -1.02. The number of amides is 2. The fourth-order valence-corrected chi connectivity index (χ4v) is 0.513. The largest absolute Gasteiger partial charge is 0.464 e. The summed E-state index contributed by atoms with van der Waals surface area (Å²) in [7, 11) is 0. The maximum Gasteiger partial charge on any atom is 0.0713 e. The maximum atomic E-state index is 9.98. The normalized spacial score (nSPS) is 7.60. The molecule has 0 aliphatic heterocycles. The molecule has 0 saturated carbocycles. The molecule has 0 radical (unpaired) electrons. The Morgan fingerprint density at radius 3 is 2.60 bits per heavy atom. The van der Waals surface area contributed by atoms with Gasteiger partial charge in [-0.15, -0.1) is 0 Å². The fraction of sp³-hybridized carbons (Fsp3) is 0.200. The number of nitrogens with one attached hydrogen (secondary N) is 1. The van der Waals surface area contributed by atoms with E-state index in [4.69, 9.17) is 0 Å². The Morgan fingerprint density at radius 2 is 2.40 bits per heavy atom. The minimum Gasteiger partial charge on any atom is -0.464 e. The van der Waals surface area contributed by atoms with Crippen LogP contribution in [0, 0.1) is 19.9 Å². The second-order valence-corrected chi connectivity index (χ2v) is 2.30. The number of hydrogen-bond donors (Lipinski definition) is 1. The average Bonchev–Trinajstić information content (AvgIpc) is 2.20. The molecule has 1 rings (SSSR count). The molecule has 2 amide bonds. The molecule has 0 saturated heterocycles. The van der Waals surface area contributed by atoms with Crippen LogP contribution in [0.15, 0.2) is 18.3 Å². The van der Waals surface area contributed by atoms with Gasteiger partial charge in [-0.3, -0.25) is 0 Å². The topological polar surface area (TPSA) is 59.1 Å². The molecule has 1 N–H and O–H groups in total. The van der Waals surface area contributed by atoms with E-state index in [0.717, 1.165) is 5.69 Å². The van der Waals surface area contributed by atoms with Crippen molar-refractivity contribution < 1.29 is 30.7 Å². The van der Waals surface area contributed by atoms with Gasteiger partial charge in [0.2, 0.25) is 0 Å². The van der Waals surface area contributed by atoms with E-state index in [1.807, 2.05) is 19.1 Å². The molecule has 0 atom stereocenters. The van der Waals surface area contributed by atoms with E-state index in [0.29, 0.717) is 0 Å². The third-order valence-corrected chi connectivity index (χ3v) is 1.18. The quantitative estimate of drug-likeness (QED) is 0.608. The standard InChI is InChI=1S/C6H6N.C4H5NO2.W/c1-6-4-2-3-5-7-6;1-2-4(7)5-3-6;/h2,4-5H,1H3;1-2H2,(H,5,6,7);/q-1;-2;. The van der Waals surface area contributed by atoms with Gasteiger partial charge in [0.1, 0.15) is 0 Å². The van der Waals surface area contributed by atoms with Crippen molar-refractivity contribution in [3.8, 4) is 0 Å². The number of aryl methyl sites for hydroxylation is 1. The van der Waals surface area contributed by atoms with Crippen LogP contribution in [0.25, 0.3) is 0 Å². The summed E-state index contributed by atoms with van der Waals surface area (Å²) in [6.07, 6.45) is 2.97. The molecule has 4 nitrogen and oxygen atoms in total. The third-order valence-electron chi connectivity index (χ3n) is 1.18. The van der Waals surface area contributed by atoms with Crippen LogP contribution in [0.2, 0.25) is 0 Å². The number of rotatable bonds is 2. The van der Waals surface area contributed by atoms with E-state index in [9.17, 15) is 9.59 Å². The summed E-state index contributed by atoms with van der Waals surface area (Å²) < 4.78 is 0. The zero-order valence-corrected chi connectivity index (χ0v) is 11.3. The molecule has 0 aliphatic carbocycles. The molecule has 15 heavy (non-hydrogen) atoms. The Labute approximate surface area is 104 Å². The Bertz CT molecular complexity index is 278. The first kappa shape index (κ1) is 16.4. The van der Waals surface area contributed by atoms with Gasteiger partial charge in [0, 0.05) is 27.0 Å². The van der Waals surface area contributed by atoms with Gasteiger partial charge in [-0.1, -0.05) is 6.20 Å². The van der Waals surface area contributed by atoms with E-state index in [1.54, 1.807) is 11.5 Å². The van der Waals surface area contributed by atoms with Gasteiger partial charge >= 0.3 is 0 Å². The summed E-state index contributed by atoms with van der Waals surface area (Å²) in [5.41, 5.74) is 1.04. The van der Waals surface area contributed by atoms with Crippen LogP contribution in [0.4, 0.5) is 0 Å². The van der Waals surface area contributed by atoms with Crippen molar-refractivity contribution in [2.24, 2.45) is 0 Å². The molecule has 1 aromatic heterocycles. The number of carbonyl (C=O) groups excluding carboxylic acids is 2. The van der Waals surface area contributed by atoms with E-state index in [-0.39, 0.29) is 27.5 Å². The molecule has 0 aliphatic rings. The van der Waals surface area contributed by atoms with Crippen molar-refractivity contribution in [3.05, 3.63) is 37.0 Å². The number of hydrogen-bond acceptors (Lipinski definition) is 3. The van der Waals surface area contributed by atoms with Crippen molar-refractivity contribution in [1.29, 1.82) is 0 Å². The van der Waals surface area contributed by atoms with Crippen molar-refractivity contribution in [2.45, 2.75) is 13.3 Å². The maximum absolute atomic E-state index is 9.98. The van der Waals surface area contributed by atoms with Gasteiger partial charge in [0.15, 0.2) is 0 Å². The number of nitrogens with zero attached hydrogens (tertiary/aromatic N) is 1. The van der Waals surface area contributed by atoms with E-state index >= 15 is 0 Å². The average molecular weight is 375 g/mol. The Kier molecular flexibility index (Phi) is 12.1. The molecular weight excluding hydrogens is 364 g/mol. The summed E-state index contributed by atoms with van der Waals surface area (Å²) in [4.78, 5) is 23.2.